The summed E-state index contributed by atoms with van der Waals surface area (Å²) < 4.78 is 34.5. The Morgan fingerprint density at radius 1 is 1.03 bits per heavy atom. The normalized spacial score (nSPS) is 19.4. The highest BCUT2D eigenvalue weighted by atomic mass is 32.2. The Balaban J connectivity index is 1.73. The van der Waals surface area contributed by atoms with Crippen LogP contribution in [0.4, 0.5) is 0 Å². The second-order valence-electron chi connectivity index (χ2n) is 10.1. The molecule has 7 nitrogen and oxygen atoms in total. The van der Waals surface area contributed by atoms with E-state index < -0.39 is 22.2 Å². The lowest BCUT2D eigenvalue weighted by Gasteiger charge is -2.35. The Kier molecular flexibility index (Phi) is 8.67. The number of hydrogen-bond donors (Lipinski definition) is 1. The SMILES string of the molecule is Cc1cccc(S(=O)(=O)N(C)C[C@H]2OCc3ccccc3-c3ccccc3C(=O)N([C@H](C)CO)C[C@H]2C)c1. The van der Waals surface area contributed by atoms with Gasteiger partial charge in [0.05, 0.1) is 30.3 Å². The molecule has 0 saturated carbocycles. The van der Waals surface area contributed by atoms with Crippen molar-refractivity contribution in [2.24, 2.45) is 5.92 Å². The average molecular weight is 537 g/mol. The lowest BCUT2D eigenvalue weighted by atomic mass is 9.94. The molecule has 1 amide bonds. The summed E-state index contributed by atoms with van der Waals surface area (Å²) in [4.78, 5) is 15.8. The van der Waals surface area contributed by atoms with Gasteiger partial charge < -0.3 is 14.7 Å². The van der Waals surface area contributed by atoms with E-state index in [1.165, 1.54) is 4.31 Å². The molecule has 3 aromatic carbocycles. The molecule has 1 aliphatic heterocycles. The van der Waals surface area contributed by atoms with Gasteiger partial charge in [0.2, 0.25) is 10.0 Å². The summed E-state index contributed by atoms with van der Waals surface area (Å²) in [6.07, 6.45) is -0.505. The molecule has 0 unspecified atom stereocenters. The molecule has 8 heteroatoms. The lowest BCUT2D eigenvalue weighted by Crippen LogP contribution is -2.47. The maximum absolute atomic E-state index is 13.9. The number of carbonyl (C=O) groups is 1. The van der Waals surface area contributed by atoms with Crippen LogP contribution in [0, 0.1) is 12.8 Å². The minimum atomic E-state index is -3.75. The van der Waals surface area contributed by atoms with Crippen molar-refractivity contribution in [2.75, 3.05) is 26.7 Å². The summed E-state index contributed by atoms with van der Waals surface area (Å²) >= 11 is 0. The maximum Gasteiger partial charge on any atom is 0.254 e. The van der Waals surface area contributed by atoms with Gasteiger partial charge in [0.1, 0.15) is 0 Å². The van der Waals surface area contributed by atoms with Crippen LogP contribution in [-0.2, 0) is 21.4 Å². The number of nitrogens with zero attached hydrogens (tertiary/aromatic N) is 2. The van der Waals surface area contributed by atoms with Crippen LogP contribution in [-0.4, -0.2) is 67.5 Å². The van der Waals surface area contributed by atoms with Crippen molar-refractivity contribution in [3.05, 3.63) is 89.5 Å². The van der Waals surface area contributed by atoms with E-state index in [0.29, 0.717) is 12.1 Å². The highest BCUT2D eigenvalue weighted by Gasteiger charge is 2.32. The first-order valence-corrected chi connectivity index (χ1v) is 14.3. The van der Waals surface area contributed by atoms with Gasteiger partial charge in [0.25, 0.3) is 5.91 Å². The Hall–Kier alpha value is -3.04. The van der Waals surface area contributed by atoms with Gasteiger partial charge in [-0.3, -0.25) is 4.79 Å². The quantitative estimate of drug-likeness (QED) is 0.507. The van der Waals surface area contributed by atoms with Crippen LogP contribution in [0.5, 0.6) is 0 Å². The first kappa shape index (κ1) is 28.0. The second kappa shape index (κ2) is 11.8. The van der Waals surface area contributed by atoms with Crippen molar-refractivity contribution >= 4 is 15.9 Å². The number of aliphatic hydroxyl groups is 1. The van der Waals surface area contributed by atoms with Crippen LogP contribution in [0.1, 0.15) is 35.3 Å². The van der Waals surface area contributed by atoms with E-state index in [0.717, 1.165) is 22.3 Å². The molecular weight excluding hydrogens is 500 g/mol. The number of sulfonamides is 1. The van der Waals surface area contributed by atoms with Crippen LogP contribution >= 0.6 is 0 Å². The van der Waals surface area contributed by atoms with Crippen molar-refractivity contribution < 1.29 is 23.1 Å². The third-order valence-corrected chi connectivity index (χ3v) is 9.05. The highest BCUT2D eigenvalue weighted by molar-refractivity contribution is 7.89. The zero-order valence-electron chi connectivity index (χ0n) is 22.4. The monoisotopic (exact) mass is 536 g/mol. The van der Waals surface area contributed by atoms with Crippen LogP contribution in [0.2, 0.25) is 0 Å². The van der Waals surface area contributed by atoms with Gasteiger partial charge in [-0.2, -0.15) is 4.31 Å². The smallest absolute Gasteiger partial charge is 0.254 e. The Morgan fingerprint density at radius 2 is 1.68 bits per heavy atom. The molecule has 0 saturated heterocycles. The van der Waals surface area contributed by atoms with Crippen molar-refractivity contribution in [2.45, 2.75) is 44.4 Å². The van der Waals surface area contributed by atoms with Gasteiger partial charge in [0, 0.05) is 31.6 Å². The maximum atomic E-state index is 13.9. The third kappa shape index (κ3) is 5.83. The van der Waals surface area contributed by atoms with E-state index in [1.54, 1.807) is 30.1 Å². The predicted octanol–water partition coefficient (Wildman–Crippen LogP) is 4.34. The number of hydrogen-bond acceptors (Lipinski definition) is 5. The van der Waals surface area contributed by atoms with Gasteiger partial charge in [-0.05, 0) is 54.3 Å². The zero-order chi connectivity index (χ0) is 27.4. The first-order chi connectivity index (χ1) is 18.1. The van der Waals surface area contributed by atoms with Crippen LogP contribution in [0.3, 0.4) is 0 Å². The molecule has 3 atom stereocenters. The number of rotatable bonds is 6. The molecule has 1 N–H and O–H groups in total. The average Bonchev–Trinajstić information content (AvgIpc) is 2.94. The van der Waals surface area contributed by atoms with Crippen molar-refractivity contribution in [3.63, 3.8) is 0 Å². The van der Waals surface area contributed by atoms with E-state index in [4.69, 9.17) is 4.74 Å². The molecular formula is C30H36N2O5S. The van der Waals surface area contributed by atoms with E-state index in [1.807, 2.05) is 75.4 Å². The van der Waals surface area contributed by atoms with Gasteiger partial charge in [-0.1, -0.05) is 61.5 Å². The molecule has 0 bridgehead atoms. The van der Waals surface area contributed by atoms with E-state index >= 15 is 0 Å². The molecule has 0 radical (unpaired) electrons. The zero-order valence-corrected chi connectivity index (χ0v) is 23.2. The summed E-state index contributed by atoms with van der Waals surface area (Å²) in [6.45, 7) is 6.11. The molecule has 3 aromatic rings. The fraction of sp³-hybridized carbons (Fsp3) is 0.367. The molecule has 0 aromatic heterocycles. The fourth-order valence-corrected chi connectivity index (χ4v) is 6.15. The molecule has 4 rings (SSSR count). The molecule has 38 heavy (non-hydrogen) atoms. The van der Waals surface area contributed by atoms with Crippen LogP contribution in [0.25, 0.3) is 11.1 Å². The number of aryl methyl sites for hydroxylation is 1. The number of fused-ring (bicyclic) bond motifs is 3. The number of carbonyl (C=O) groups excluding carboxylic acids is 1. The molecule has 0 fully saturated rings. The number of aliphatic hydroxyl groups excluding tert-OH is 1. The Bertz CT molecular complexity index is 1390. The fourth-order valence-electron chi connectivity index (χ4n) is 4.86. The van der Waals surface area contributed by atoms with Gasteiger partial charge in [-0.25, -0.2) is 8.42 Å². The lowest BCUT2D eigenvalue weighted by molar-refractivity contribution is -0.0146. The Labute approximate surface area is 225 Å². The number of likely N-dealkylation sites (N-methyl/N-ethyl adjacent to an activating group) is 1. The number of amides is 1. The number of ether oxygens (including phenoxy) is 1. The van der Waals surface area contributed by atoms with Crippen LogP contribution in [0.15, 0.2) is 77.7 Å². The summed E-state index contributed by atoms with van der Waals surface area (Å²) in [7, 11) is -2.19. The third-order valence-electron chi connectivity index (χ3n) is 7.23. The van der Waals surface area contributed by atoms with E-state index in [2.05, 4.69) is 0 Å². The van der Waals surface area contributed by atoms with Crippen LogP contribution < -0.4 is 0 Å². The molecule has 0 aliphatic carbocycles. The molecule has 1 heterocycles. The highest BCUT2D eigenvalue weighted by Crippen LogP contribution is 2.31. The van der Waals surface area contributed by atoms with Crippen molar-refractivity contribution in [1.29, 1.82) is 0 Å². The minimum absolute atomic E-state index is 0.113. The minimum Gasteiger partial charge on any atom is -0.394 e. The second-order valence-corrected chi connectivity index (χ2v) is 12.2. The molecule has 202 valence electrons. The summed E-state index contributed by atoms with van der Waals surface area (Å²) in [5.74, 6) is -0.397. The largest absolute Gasteiger partial charge is 0.394 e. The predicted molar refractivity (Wildman–Crippen MR) is 148 cm³/mol. The Morgan fingerprint density at radius 3 is 2.37 bits per heavy atom. The standard InChI is InChI=1S/C30H36N2O5S/c1-21-10-9-12-25(16-21)38(35,36)31(4)18-29-22(2)17-32(23(3)19-33)30(34)28-15-8-7-14-27(28)26-13-6-5-11-24(26)20-37-29/h5-16,22-23,29,33H,17-20H2,1-4H3/t22-,23-,29-/m1/s1. The topological polar surface area (TPSA) is 87.2 Å². The van der Waals surface area contributed by atoms with E-state index in [-0.39, 0.29) is 36.5 Å². The van der Waals surface area contributed by atoms with Gasteiger partial charge >= 0.3 is 0 Å². The molecule has 0 spiro atoms. The van der Waals surface area contributed by atoms with Crippen molar-refractivity contribution in [1.82, 2.24) is 9.21 Å². The van der Waals surface area contributed by atoms with E-state index in [9.17, 15) is 18.3 Å². The van der Waals surface area contributed by atoms with Gasteiger partial charge in [0.15, 0.2) is 0 Å². The summed E-state index contributed by atoms with van der Waals surface area (Å²) in [5, 5.41) is 9.99. The van der Waals surface area contributed by atoms with Gasteiger partial charge in [-0.15, -0.1) is 0 Å². The first-order valence-electron chi connectivity index (χ1n) is 12.9. The summed E-state index contributed by atoms with van der Waals surface area (Å²) in [5.41, 5.74) is 4.03. The van der Waals surface area contributed by atoms with Crippen molar-refractivity contribution in [3.8, 4) is 11.1 Å². The molecule has 1 aliphatic rings. The number of benzene rings is 3. The summed E-state index contributed by atoms with van der Waals surface area (Å²) in [6, 6.07) is 21.7.